The highest BCUT2D eigenvalue weighted by Crippen LogP contribution is 2.27. The molecule has 0 amide bonds. The van der Waals surface area contributed by atoms with Crippen LogP contribution in [0.4, 0.5) is 0 Å². The lowest BCUT2D eigenvalue weighted by Crippen LogP contribution is -2.44. The molecular formula is C27H36N2O. The Morgan fingerprint density at radius 2 is 1.73 bits per heavy atom. The highest BCUT2D eigenvalue weighted by Gasteiger charge is 2.30. The summed E-state index contributed by atoms with van der Waals surface area (Å²) in [5.74, 6) is 0.419. The van der Waals surface area contributed by atoms with Crippen LogP contribution in [0.3, 0.4) is 0 Å². The summed E-state index contributed by atoms with van der Waals surface area (Å²) in [6, 6.07) is -0.283. The van der Waals surface area contributed by atoms with Gasteiger partial charge in [0.1, 0.15) is 0 Å². The van der Waals surface area contributed by atoms with Gasteiger partial charge in [-0.15, -0.1) is 0 Å². The number of Topliss-reactive ketones (excluding diaryl/α,β-unsaturated/α-hetero) is 1. The lowest BCUT2D eigenvalue weighted by atomic mass is 9.82. The molecule has 0 aliphatic heterocycles. The number of aromatic nitrogens is 1. The molecule has 30 heavy (non-hydrogen) atoms. The molecule has 0 aromatic carbocycles. The molecule has 2 N–H and O–H groups in total. The molecule has 1 saturated carbocycles. The van der Waals surface area contributed by atoms with Crippen LogP contribution in [0.25, 0.3) is 12.2 Å². The van der Waals surface area contributed by atoms with Crippen LogP contribution in [0, 0.1) is 5.92 Å². The van der Waals surface area contributed by atoms with Gasteiger partial charge >= 0.3 is 0 Å². The summed E-state index contributed by atoms with van der Waals surface area (Å²) in [5, 5.41) is 5.30. The number of hydrogen-bond donors (Lipinski definition) is 2. The summed E-state index contributed by atoms with van der Waals surface area (Å²) in [6.07, 6.45) is 25.0. The van der Waals surface area contributed by atoms with Gasteiger partial charge in [-0.1, -0.05) is 82.2 Å². The SMILES string of the molecule is C=C/C=c1/c(C(=O)C(NC(/C=C\C)=C/C=C)C2CCCCCCC2)c[nH]/c1=C/C=C. The summed E-state index contributed by atoms with van der Waals surface area (Å²) < 4.78 is 0. The zero-order valence-corrected chi connectivity index (χ0v) is 18.3. The average molecular weight is 405 g/mol. The molecular weight excluding hydrogens is 368 g/mol. The number of aromatic amines is 1. The van der Waals surface area contributed by atoms with Gasteiger partial charge in [0.05, 0.1) is 6.04 Å². The second kappa shape index (κ2) is 12.7. The van der Waals surface area contributed by atoms with Crippen LogP contribution in [0.1, 0.15) is 62.2 Å². The molecule has 1 aliphatic carbocycles. The predicted octanol–water partition coefficient (Wildman–Crippen LogP) is 5.10. The quantitative estimate of drug-likeness (QED) is 0.444. The lowest BCUT2D eigenvalue weighted by molar-refractivity contribution is 0.0900. The number of rotatable bonds is 9. The Morgan fingerprint density at radius 1 is 1.07 bits per heavy atom. The van der Waals surface area contributed by atoms with Crippen molar-refractivity contribution < 1.29 is 4.79 Å². The van der Waals surface area contributed by atoms with Crippen LogP contribution in [0.2, 0.25) is 0 Å². The Morgan fingerprint density at radius 3 is 2.33 bits per heavy atom. The second-order valence-corrected chi connectivity index (χ2v) is 7.78. The number of carbonyl (C=O) groups excluding carboxylic acids is 1. The molecule has 1 fully saturated rings. The van der Waals surface area contributed by atoms with Crippen molar-refractivity contribution in [3.8, 4) is 0 Å². The van der Waals surface area contributed by atoms with Gasteiger partial charge in [0.15, 0.2) is 5.78 Å². The predicted molar refractivity (Wildman–Crippen MR) is 130 cm³/mol. The average Bonchev–Trinajstić information content (AvgIpc) is 3.09. The fourth-order valence-corrected chi connectivity index (χ4v) is 4.23. The minimum absolute atomic E-state index is 0.119. The number of H-pyrrole nitrogens is 1. The van der Waals surface area contributed by atoms with Gasteiger partial charge in [-0.3, -0.25) is 4.79 Å². The number of allylic oxidation sites excluding steroid dienone is 6. The molecule has 1 aromatic heterocycles. The highest BCUT2D eigenvalue weighted by atomic mass is 16.1. The number of nitrogens with one attached hydrogen (secondary N) is 2. The molecule has 2 rings (SSSR count). The van der Waals surface area contributed by atoms with Crippen LogP contribution in [-0.4, -0.2) is 16.8 Å². The van der Waals surface area contributed by atoms with E-state index in [9.17, 15) is 4.79 Å². The normalized spacial score (nSPS) is 18.6. The van der Waals surface area contributed by atoms with Crippen molar-refractivity contribution in [2.75, 3.05) is 0 Å². The molecule has 1 heterocycles. The van der Waals surface area contributed by atoms with Gasteiger partial charge < -0.3 is 10.3 Å². The topological polar surface area (TPSA) is 44.9 Å². The van der Waals surface area contributed by atoms with E-state index in [4.69, 9.17) is 0 Å². The van der Waals surface area contributed by atoms with Crippen molar-refractivity contribution in [3.63, 3.8) is 0 Å². The van der Waals surface area contributed by atoms with E-state index < -0.39 is 0 Å². The zero-order chi connectivity index (χ0) is 21.8. The summed E-state index contributed by atoms with van der Waals surface area (Å²) in [6.45, 7) is 13.4. The van der Waals surface area contributed by atoms with Crippen molar-refractivity contribution in [2.45, 2.75) is 57.9 Å². The van der Waals surface area contributed by atoms with Crippen LogP contribution in [0.15, 0.2) is 68.1 Å². The van der Waals surface area contributed by atoms with E-state index in [0.717, 1.165) is 29.1 Å². The third kappa shape index (κ3) is 6.35. The van der Waals surface area contributed by atoms with E-state index in [1.54, 1.807) is 18.2 Å². The van der Waals surface area contributed by atoms with E-state index in [2.05, 4.69) is 30.0 Å². The maximum atomic E-state index is 13.8. The molecule has 0 saturated heterocycles. The molecule has 3 nitrogen and oxygen atoms in total. The number of hydrogen-bond acceptors (Lipinski definition) is 2. The third-order valence-corrected chi connectivity index (χ3v) is 5.66. The van der Waals surface area contributed by atoms with Crippen LogP contribution < -0.4 is 15.9 Å². The molecule has 1 aliphatic rings. The molecule has 0 spiro atoms. The molecule has 3 heteroatoms. The number of ketones is 1. The van der Waals surface area contributed by atoms with Gasteiger partial charge in [-0.25, -0.2) is 0 Å². The molecule has 160 valence electrons. The van der Waals surface area contributed by atoms with Gasteiger partial charge in [0, 0.05) is 28.0 Å². The van der Waals surface area contributed by atoms with Gasteiger partial charge in [-0.05, 0) is 43.9 Å². The van der Waals surface area contributed by atoms with Gasteiger partial charge in [0.2, 0.25) is 0 Å². The van der Waals surface area contributed by atoms with Gasteiger partial charge in [0.25, 0.3) is 0 Å². The van der Waals surface area contributed by atoms with Crippen LogP contribution in [0.5, 0.6) is 0 Å². The summed E-state index contributed by atoms with van der Waals surface area (Å²) in [5.41, 5.74) is 1.61. The Kier molecular flexibility index (Phi) is 9.93. The van der Waals surface area contributed by atoms with Crippen molar-refractivity contribution >= 4 is 17.9 Å². The van der Waals surface area contributed by atoms with E-state index in [1.807, 2.05) is 43.5 Å². The van der Waals surface area contributed by atoms with Crippen molar-refractivity contribution in [1.82, 2.24) is 10.3 Å². The van der Waals surface area contributed by atoms with E-state index in [-0.39, 0.29) is 11.8 Å². The third-order valence-electron chi connectivity index (χ3n) is 5.66. The van der Waals surface area contributed by atoms with Crippen molar-refractivity contribution in [1.29, 1.82) is 0 Å². The Hall–Kier alpha value is -2.81. The Labute approximate surface area is 181 Å². The van der Waals surface area contributed by atoms with Crippen LogP contribution in [-0.2, 0) is 0 Å². The molecule has 1 aromatic rings. The maximum absolute atomic E-state index is 13.8. The molecule has 0 radical (unpaired) electrons. The van der Waals surface area contributed by atoms with Crippen molar-refractivity contribution in [2.24, 2.45) is 5.92 Å². The molecule has 1 atom stereocenters. The highest BCUT2D eigenvalue weighted by molar-refractivity contribution is 6.01. The first-order valence-corrected chi connectivity index (χ1v) is 11.0. The monoisotopic (exact) mass is 404 g/mol. The largest absolute Gasteiger partial charge is 0.375 e. The first kappa shape index (κ1) is 23.5. The standard InChI is InChI=1S/C27H36N2O/c1-5-14-22(15-6-2)29-26(21-18-12-10-9-11-13-19-21)27(30)24-20-28-25(17-8-4)23(24)16-7-3/h5-8,14-17,20-21,26,28-29H,1,3-4,9-13,18-19H2,2H3/b15-6-,22-14+,23-16-,25-17+. The van der Waals surface area contributed by atoms with Gasteiger partial charge in [-0.2, -0.15) is 0 Å². The Bertz CT molecular complexity index is 905. The first-order valence-electron chi connectivity index (χ1n) is 11.0. The zero-order valence-electron chi connectivity index (χ0n) is 18.3. The summed E-state index contributed by atoms with van der Waals surface area (Å²) in [7, 11) is 0. The lowest BCUT2D eigenvalue weighted by Gasteiger charge is -2.29. The van der Waals surface area contributed by atoms with Crippen LogP contribution >= 0.6 is 0 Å². The van der Waals surface area contributed by atoms with E-state index in [1.165, 1.54) is 32.1 Å². The number of carbonyl (C=O) groups is 1. The minimum Gasteiger partial charge on any atom is -0.375 e. The fraction of sp³-hybridized carbons (Fsp3) is 0.370. The molecule has 0 bridgehead atoms. The fourth-order valence-electron chi connectivity index (χ4n) is 4.23. The second-order valence-electron chi connectivity index (χ2n) is 7.78. The minimum atomic E-state index is -0.283. The smallest absolute Gasteiger partial charge is 0.187 e. The summed E-state index contributed by atoms with van der Waals surface area (Å²) >= 11 is 0. The first-order chi connectivity index (χ1) is 14.7. The maximum Gasteiger partial charge on any atom is 0.187 e. The van der Waals surface area contributed by atoms with E-state index in [0.29, 0.717) is 11.5 Å². The van der Waals surface area contributed by atoms with E-state index >= 15 is 0 Å². The molecule has 1 unspecified atom stereocenters. The summed E-state index contributed by atoms with van der Waals surface area (Å²) in [4.78, 5) is 17.1. The Balaban J connectivity index is 2.51. The van der Waals surface area contributed by atoms with Crippen molar-refractivity contribution in [3.05, 3.63) is 84.2 Å².